The van der Waals surface area contributed by atoms with Crippen LogP contribution in [-0.2, 0) is 4.79 Å². The summed E-state index contributed by atoms with van der Waals surface area (Å²) in [5.41, 5.74) is 2.94. The van der Waals surface area contributed by atoms with Crippen molar-refractivity contribution < 1.29 is 14.3 Å². The Hall–Kier alpha value is -2.49. The van der Waals surface area contributed by atoms with Crippen LogP contribution in [0.1, 0.15) is 25.0 Å². The van der Waals surface area contributed by atoms with Crippen LogP contribution in [0.4, 0.5) is 5.69 Å². The molecule has 0 atom stereocenters. The van der Waals surface area contributed by atoms with E-state index in [1.54, 1.807) is 0 Å². The minimum Gasteiger partial charge on any atom is -0.491 e. The van der Waals surface area contributed by atoms with Gasteiger partial charge in [0, 0.05) is 5.69 Å². The van der Waals surface area contributed by atoms with Crippen LogP contribution in [0.25, 0.3) is 0 Å². The van der Waals surface area contributed by atoms with Gasteiger partial charge < -0.3 is 14.8 Å². The molecule has 4 heteroatoms. The van der Waals surface area contributed by atoms with Crippen LogP contribution >= 0.6 is 0 Å². The third kappa shape index (κ3) is 5.66. The second-order valence-electron chi connectivity index (χ2n) is 5.85. The smallest absolute Gasteiger partial charge is 0.262 e. The molecule has 0 aromatic heterocycles. The molecule has 0 spiro atoms. The molecule has 0 saturated carbocycles. The number of anilines is 1. The van der Waals surface area contributed by atoms with Crippen LogP contribution in [0.15, 0.2) is 42.5 Å². The first-order valence-corrected chi connectivity index (χ1v) is 7.70. The fourth-order valence-electron chi connectivity index (χ4n) is 2.25. The number of ether oxygens (including phenoxy) is 2. The van der Waals surface area contributed by atoms with Gasteiger partial charge in [-0.25, -0.2) is 0 Å². The third-order valence-corrected chi connectivity index (χ3v) is 3.07. The lowest BCUT2D eigenvalue weighted by Crippen LogP contribution is -2.20. The summed E-state index contributed by atoms with van der Waals surface area (Å²) in [4.78, 5) is 12.0. The lowest BCUT2D eigenvalue weighted by Gasteiger charge is -2.11. The number of carbonyl (C=O) groups is 1. The van der Waals surface area contributed by atoms with E-state index in [4.69, 9.17) is 9.47 Å². The van der Waals surface area contributed by atoms with Gasteiger partial charge in [0.1, 0.15) is 11.5 Å². The highest BCUT2D eigenvalue weighted by Crippen LogP contribution is 2.18. The number of aryl methyl sites for hydroxylation is 2. The van der Waals surface area contributed by atoms with Gasteiger partial charge in [0.15, 0.2) is 6.61 Å². The summed E-state index contributed by atoms with van der Waals surface area (Å²) >= 11 is 0. The van der Waals surface area contributed by atoms with Crippen molar-refractivity contribution in [1.29, 1.82) is 0 Å². The van der Waals surface area contributed by atoms with E-state index in [1.165, 1.54) is 0 Å². The fraction of sp³-hybridized carbons (Fsp3) is 0.316. The van der Waals surface area contributed by atoms with Crippen molar-refractivity contribution in [2.75, 3.05) is 11.9 Å². The summed E-state index contributed by atoms with van der Waals surface area (Å²) in [6.07, 6.45) is 0.127. The van der Waals surface area contributed by atoms with Crippen molar-refractivity contribution in [3.05, 3.63) is 53.6 Å². The van der Waals surface area contributed by atoms with Gasteiger partial charge in [-0.1, -0.05) is 6.07 Å². The maximum absolute atomic E-state index is 12.0. The van der Waals surface area contributed by atoms with Crippen molar-refractivity contribution >= 4 is 11.6 Å². The summed E-state index contributed by atoms with van der Waals surface area (Å²) in [6, 6.07) is 13.2. The number of nitrogens with one attached hydrogen (secondary N) is 1. The number of hydrogen-bond acceptors (Lipinski definition) is 3. The molecular weight excluding hydrogens is 290 g/mol. The topological polar surface area (TPSA) is 47.6 Å². The van der Waals surface area contributed by atoms with Crippen LogP contribution in [0.3, 0.4) is 0 Å². The Morgan fingerprint density at radius 2 is 1.61 bits per heavy atom. The highest BCUT2D eigenvalue weighted by Gasteiger charge is 2.05. The summed E-state index contributed by atoms with van der Waals surface area (Å²) in [6.45, 7) is 7.93. The van der Waals surface area contributed by atoms with Gasteiger partial charge >= 0.3 is 0 Å². The van der Waals surface area contributed by atoms with Gasteiger partial charge in [0.25, 0.3) is 5.91 Å². The Morgan fingerprint density at radius 1 is 1.00 bits per heavy atom. The van der Waals surface area contributed by atoms with E-state index in [1.807, 2.05) is 64.1 Å². The number of hydrogen-bond donors (Lipinski definition) is 1. The van der Waals surface area contributed by atoms with Crippen LogP contribution in [0, 0.1) is 13.8 Å². The van der Waals surface area contributed by atoms with Gasteiger partial charge in [-0.3, -0.25) is 4.79 Å². The standard InChI is InChI=1S/C19H23NO3/c1-13(2)23-17-7-5-16(6-8-17)20-19(21)12-22-18-10-14(3)9-15(4)11-18/h5-11,13H,12H2,1-4H3,(H,20,21). The molecule has 4 nitrogen and oxygen atoms in total. The zero-order valence-electron chi connectivity index (χ0n) is 14.1. The van der Waals surface area contributed by atoms with E-state index in [0.717, 1.165) is 22.6 Å². The molecule has 0 fully saturated rings. The molecular formula is C19H23NO3. The van der Waals surface area contributed by atoms with Crippen LogP contribution in [0.5, 0.6) is 11.5 Å². The molecule has 0 radical (unpaired) electrons. The summed E-state index contributed by atoms with van der Waals surface area (Å²) < 4.78 is 11.1. The van der Waals surface area contributed by atoms with Crippen molar-refractivity contribution in [3.63, 3.8) is 0 Å². The van der Waals surface area contributed by atoms with Gasteiger partial charge in [0.05, 0.1) is 6.10 Å². The van der Waals surface area contributed by atoms with Crippen molar-refractivity contribution in [1.82, 2.24) is 0 Å². The molecule has 2 aromatic rings. The quantitative estimate of drug-likeness (QED) is 0.873. The molecule has 122 valence electrons. The van der Waals surface area contributed by atoms with E-state index >= 15 is 0 Å². The zero-order chi connectivity index (χ0) is 16.8. The Labute approximate surface area is 137 Å². The largest absolute Gasteiger partial charge is 0.491 e. The minimum absolute atomic E-state index is 0.0207. The monoisotopic (exact) mass is 313 g/mol. The lowest BCUT2D eigenvalue weighted by atomic mass is 10.1. The molecule has 2 rings (SSSR count). The van der Waals surface area contributed by atoms with Crippen molar-refractivity contribution in [2.45, 2.75) is 33.8 Å². The lowest BCUT2D eigenvalue weighted by molar-refractivity contribution is -0.118. The van der Waals surface area contributed by atoms with Gasteiger partial charge in [-0.15, -0.1) is 0 Å². The Balaban J connectivity index is 1.87. The molecule has 0 aliphatic heterocycles. The normalized spacial score (nSPS) is 10.5. The zero-order valence-corrected chi connectivity index (χ0v) is 14.1. The molecule has 0 aliphatic carbocycles. The minimum atomic E-state index is -0.193. The molecule has 0 unspecified atom stereocenters. The predicted molar refractivity (Wildman–Crippen MR) is 92.2 cm³/mol. The maximum atomic E-state index is 12.0. The second-order valence-corrected chi connectivity index (χ2v) is 5.85. The highest BCUT2D eigenvalue weighted by molar-refractivity contribution is 5.91. The molecule has 0 bridgehead atoms. The summed E-state index contributed by atoms with van der Waals surface area (Å²) in [5, 5.41) is 2.80. The van der Waals surface area contributed by atoms with E-state index in [9.17, 15) is 4.79 Å². The second kappa shape index (κ2) is 7.68. The molecule has 2 aromatic carbocycles. The first kappa shape index (κ1) is 16.9. The van der Waals surface area contributed by atoms with E-state index < -0.39 is 0 Å². The first-order chi connectivity index (χ1) is 10.9. The molecule has 23 heavy (non-hydrogen) atoms. The van der Waals surface area contributed by atoms with Crippen LogP contribution in [-0.4, -0.2) is 18.6 Å². The molecule has 0 aliphatic rings. The van der Waals surface area contributed by atoms with Gasteiger partial charge in [-0.2, -0.15) is 0 Å². The van der Waals surface area contributed by atoms with E-state index in [0.29, 0.717) is 5.75 Å². The molecule has 0 saturated heterocycles. The molecule has 1 amide bonds. The number of benzene rings is 2. The van der Waals surface area contributed by atoms with E-state index in [2.05, 4.69) is 11.4 Å². The van der Waals surface area contributed by atoms with E-state index in [-0.39, 0.29) is 18.6 Å². The molecule has 1 N–H and O–H groups in total. The molecule has 0 heterocycles. The maximum Gasteiger partial charge on any atom is 0.262 e. The Bertz CT molecular complexity index is 643. The van der Waals surface area contributed by atoms with Crippen molar-refractivity contribution in [3.8, 4) is 11.5 Å². The Morgan fingerprint density at radius 3 is 2.17 bits per heavy atom. The fourth-order valence-corrected chi connectivity index (χ4v) is 2.25. The SMILES string of the molecule is Cc1cc(C)cc(OCC(=O)Nc2ccc(OC(C)C)cc2)c1. The average Bonchev–Trinajstić information content (AvgIpc) is 2.46. The number of rotatable bonds is 6. The van der Waals surface area contributed by atoms with Gasteiger partial charge in [0.2, 0.25) is 0 Å². The van der Waals surface area contributed by atoms with Gasteiger partial charge in [-0.05, 0) is 75.2 Å². The van der Waals surface area contributed by atoms with Crippen LogP contribution < -0.4 is 14.8 Å². The summed E-state index contributed by atoms with van der Waals surface area (Å²) in [5.74, 6) is 1.30. The van der Waals surface area contributed by atoms with Crippen LogP contribution in [0.2, 0.25) is 0 Å². The number of carbonyl (C=O) groups excluding carboxylic acids is 1. The third-order valence-electron chi connectivity index (χ3n) is 3.07. The van der Waals surface area contributed by atoms with Crippen molar-refractivity contribution in [2.24, 2.45) is 0 Å². The number of amides is 1. The highest BCUT2D eigenvalue weighted by atomic mass is 16.5. The summed E-state index contributed by atoms with van der Waals surface area (Å²) in [7, 11) is 0. The first-order valence-electron chi connectivity index (χ1n) is 7.70. The Kier molecular flexibility index (Phi) is 5.63. The predicted octanol–water partition coefficient (Wildman–Crippen LogP) is 4.11. The average molecular weight is 313 g/mol.